The predicted octanol–water partition coefficient (Wildman–Crippen LogP) is 2.82. The molecular formula is C19H22N2O3S. The van der Waals surface area contributed by atoms with Gasteiger partial charge in [0.15, 0.2) is 0 Å². The van der Waals surface area contributed by atoms with E-state index in [1.165, 1.54) is 4.31 Å². The van der Waals surface area contributed by atoms with E-state index in [0.29, 0.717) is 18.7 Å². The number of hydrogen-bond acceptors (Lipinski definition) is 3. The summed E-state index contributed by atoms with van der Waals surface area (Å²) in [6.07, 6.45) is -0.488. The van der Waals surface area contributed by atoms with Gasteiger partial charge in [-0.15, -0.1) is 0 Å². The zero-order valence-corrected chi connectivity index (χ0v) is 15.2. The van der Waals surface area contributed by atoms with E-state index in [4.69, 9.17) is 0 Å². The van der Waals surface area contributed by atoms with Crippen LogP contribution in [0.25, 0.3) is 0 Å². The molecule has 1 atom stereocenters. The smallest absolute Gasteiger partial charge is 0.255 e. The van der Waals surface area contributed by atoms with Gasteiger partial charge in [-0.25, -0.2) is 8.42 Å². The summed E-state index contributed by atoms with van der Waals surface area (Å²) in [4.78, 5) is 14.8. The van der Waals surface area contributed by atoms with Gasteiger partial charge in [0.05, 0.1) is 4.90 Å². The lowest BCUT2D eigenvalue weighted by Gasteiger charge is -2.32. The second kappa shape index (κ2) is 6.98. The molecule has 0 aliphatic carbocycles. The maximum absolute atomic E-state index is 13.0. The van der Waals surface area contributed by atoms with E-state index in [0.717, 1.165) is 0 Å². The van der Waals surface area contributed by atoms with Crippen molar-refractivity contribution in [1.82, 2.24) is 9.21 Å². The fourth-order valence-electron chi connectivity index (χ4n) is 3.28. The van der Waals surface area contributed by atoms with Crippen LogP contribution in [0.1, 0.15) is 24.2 Å². The van der Waals surface area contributed by atoms with E-state index in [2.05, 4.69) is 0 Å². The summed E-state index contributed by atoms with van der Waals surface area (Å²) in [5.74, 6) is -0.154. The minimum atomic E-state index is -3.64. The van der Waals surface area contributed by atoms with Gasteiger partial charge < -0.3 is 4.90 Å². The number of nitrogens with zero attached hydrogens (tertiary/aromatic N) is 2. The molecule has 1 amide bonds. The van der Waals surface area contributed by atoms with Crippen LogP contribution in [-0.2, 0) is 10.0 Å². The molecule has 0 N–H and O–H groups in total. The summed E-state index contributed by atoms with van der Waals surface area (Å²) in [7, 11) is -3.64. The Balaban J connectivity index is 1.94. The van der Waals surface area contributed by atoms with Gasteiger partial charge in [0, 0.05) is 18.7 Å². The molecule has 2 aromatic carbocycles. The minimum Gasteiger partial charge on any atom is -0.320 e. The zero-order chi connectivity index (χ0) is 18.0. The molecule has 25 heavy (non-hydrogen) atoms. The second-order valence-electron chi connectivity index (χ2n) is 6.45. The third-order valence-electron chi connectivity index (χ3n) is 4.40. The third kappa shape index (κ3) is 3.32. The van der Waals surface area contributed by atoms with Crippen molar-refractivity contribution in [3.63, 3.8) is 0 Å². The van der Waals surface area contributed by atoms with Crippen LogP contribution in [0.15, 0.2) is 65.6 Å². The molecule has 5 nitrogen and oxygen atoms in total. The second-order valence-corrected chi connectivity index (χ2v) is 8.34. The maximum Gasteiger partial charge on any atom is 0.255 e. The van der Waals surface area contributed by atoms with Crippen molar-refractivity contribution in [2.45, 2.75) is 24.9 Å². The molecule has 132 valence electrons. The highest BCUT2D eigenvalue weighted by Crippen LogP contribution is 2.29. The summed E-state index contributed by atoms with van der Waals surface area (Å²) in [5.41, 5.74) is 0.576. The average Bonchev–Trinajstić information content (AvgIpc) is 3.09. The van der Waals surface area contributed by atoms with E-state index in [-0.39, 0.29) is 16.7 Å². The molecule has 1 aliphatic heterocycles. The molecule has 2 aromatic rings. The molecule has 1 heterocycles. The highest BCUT2D eigenvalue weighted by molar-refractivity contribution is 7.89. The predicted molar refractivity (Wildman–Crippen MR) is 96.4 cm³/mol. The highest BCUT2D eigenvalue weighted by Gasteiger charge is 2.43. The van der Waals surface area contributed by atoms with Gasteiger partial charge in [0.2, 0.25) is 10.0 Å². The lowest BCUT2D eigenvalue weighted by atomic mass is 10.1. The molecule has 0 unspecified atom stereocenters. The zero-order valence-electron chi connectivity index (χ0n) is 14.4. The van der Waals surface area contributed by atoms with Gasteiger partial charge >= 0.3 is 0 Å². The standard InChI is InChI=1S/C19H22N2O3S/c1-15(2)18-20(19(22)16-9-5-3-6-10-16)13-14-21(18)25(23,24)17-11-7-4-8-12-17/h3-12,15,18H,13-14H2,1-2H3/t18-/m0/s1. The molecular weight excluding hydrogens is 336 g/mol. The first kappa shape index (κ1) is 17.6. The third-order valence-corrected chi connectivity index (χ3v) is 6.29. The molecule has 1 fully saturated rings. The van der Waals surface area contributed by atoms with Crippen LogP contribution in [0.3, 0.4) is 0 Å². The van der Waals surface area contributed by atoms with Gasteiger partial charge in [-0.1, -0.05) is 50.2 Å². The van der Waals surface area contributed by atoms with Crippen molar-refractivity contribution >= 4 is 15.9 Å². The summed E-state index contributed by atoms with van der Waals surface area (Å²) in [6.45, 7) is 4.57. The number of hydrogen-bond donors (Lipinski definition) is 0. The minimum absolute atomic E-state index is 0.0198. The van der Waals surface area contributed by atoms with E-state index in [1.807, 2.05) is 32.0 Å². The Labute approximate surface area is 148 Å². The van der Waals surface area contributed by atoms with Gasteiger partial charge in [0.25, 0.3) is 5.91 Å². The van der Waals surface area contributed by atoms with E-state index in [9.17, 15) is 13.2 Å². The SMILES string of the molecule is CC(C)[C@H]1N(C(=O)c2ccccc2)CCN1S(=O)(=O)c1ccccc1. The van der Waals surface area contributed by atoms with Crippen molar-refractivity contribution in [1.29, 1.82) is 0 Å². The largest absolute Gasteiger partial charge is 0.320 e. The molecule has 0 bridgehead atoms. The molecule has 0 saturated carbocycles. The van der Waals surface area contributed by atoms with Crippen LogP contribution in [-0.4, -0.2) is 42.8 Å². The number of carbonyl (C=O) groups excluding carboxylic acids is 1. The summed E-state index contributed by atoms with van der Waals surface area (Å²) >= 11 is 0. The normalized spacial score (nSPS) is 18.7. The number of carbonyl (C=O) groups is 1. The quantitative estimate of drug-likeness (QED) is 0.844. The van der Waals surface area contributed by atoms with E-state index in [1.54, 1.807) is 47.4 Å². The van der Waals surface area contributed by atoms with Crippen LogP contribution >= 0.6 is 0 Å². The first-order valence-electron chi connectivity index (χ1n) is 8.36. The Morgan fingerprint density at radius 3 is 2.08 bits per heavy atom. The molecule has 0 aromatic heterocycles. The van der Waals surface area contributed by atoms with Gasteiger partial charge in [-0.05, 0) is 30.2 Å². The van der Waals surface area contributed by atoms with E-state index < -0.39 is 16.2 Å². The lowest BCUT2D eigenvalue weighted by Crippen LogP contribution is -2.47. The van der Waals surface area contributed by atoms with Crippen LogP contribution in [0.2, 0.25) is 0 Å². The Hall–Kier alpha value is -2.18. The fraction of sp³-hybridized carbons (Fsp3) is 0.316. The number of sulfonamides is 1. The lowest BCUT2D eigenvalue weighted by molar-refractivity contribution is 0.0633. The maximum atomic E-state index is 13.0. The van der Waals surface area contributed by atoms with Crippen LogP contribution in [0.4, 0.5) is 0 Å². The van der Waals surface area contributed by atoms with Crippen LogP contribution in [0, 0.1) is 5.92 Å². The summed E-state index contributed by atoms with van der Waals surface area (Å²) in [6, 6.07) is 17.4. The number of rotatable bonds is 4. The van der Waals surface area contributed by atoms with Crippen molar-refractivity contribution in [2.24, 2.45) is 5.92 Å². The average molecular weight is 358 g/mol. The molecule has 1 saturated heterocycles. The van der Waals surface area contributed by atoms with E-state index >= 15 is 0 Å². The monoisotopic (exact) mass is 358 g/mol. The Morgan fingerprint density at radius 1 is 0.960 bits per heavy atom. The number of benzene rings is 2. The molecule has 0 spiro atoms. The van der Waals surface area contributed by atoms with Gasteiger partial charge in [0.1, 0.15) is 6.17 Å². The molecule has 1 aliphatic rings. The first-order chi connectivity index (χ1) is 11.9. The highest BCUT2D eigenvalue weighted by atomic mass is 32.2. The molecule has 0 radical (unpaired) electrons. The van der Waals surface area contributed by atoms with Crippen molar-refractivity contribution < 1.29 is 13.2 Å². The number of amides is 1. The summed E-state index contributed by atoms with van der Waals surface area (Å²) < 4.78 is 27.5. The molecule has 3 rings (SSSR count). The Kier molecular flexibility index (Phi) is 4.92. The Bertz CT molecular complexity index is 835. The topological polar surface area (TPSA) is 57.7 Å². The van der Waals surface area contributed by atoms with Crippen molar-refractivity contribution in [2.75, 3.05) is 13.1 Å². The fourth-order valence-corrected chi connectivity index (χ4v) is 5.01. The Morgan fingerprint density at radius 2 is 1.52 bits per heavy atom. The van der Waals surface area contributed by atoms with Crippen molar-refractivity contribution in [3.8, 4) is 0 Å². The van der Waals surface area contributed by atoms with Crippen molar-refractivity contribution in [3.05, 3.63) is 66.2 Å². The summed E-state index contributed by atoms with van der Waals surface area (Å²) in [5, 5.41) is 0. The van der Waals surface area contributed by atoms with Crippen LogP contribution in [0.5, 0.6) is 0 Å². The molecule has 6 heteroatoms. The van der Waals surface area contributed by atoms with Gasteiger partial charge in [-0.3, -0.25) is 4.79 Å². The van der Waals surface area contributed by atoms with Gasteiger partial charge in [-0.2, -0.15) is 4.31 Å². The van der Waals surface area contributed by atoms with Crippen LogP contribution < -0.4 is 0 Å². The first-order valence-corrected chi connectivity index (χ1v) is 9.80.